The molecule has 0 amide bonds. The molecule has 4 aromatic rings. The average Bonchev–Trinajstić information content (AvgIpc) is 2.81. The van der Waals surface area contributed by atoms with Crippen LogP contribution in [0.15, 0.2) is 79.4 Å². The Hall–Kier alpha value is -3.54. The van der Waals surface area contributed by atoms with E-state index in [2.05, 4.69) is 18.7 Å². The van der Waals surface area contributed by atoms with Crippen molar-refractivity contribution in [3.05, 3.63) is 119 Å². The van der Waals surface area contributed by atoms with Gasteiger partial charge in [-0.3, -0.25) is 0 Å². The summed E-state index contributed by atoms with van der Waals surface area (Å²) in [4.78, 5) is 0. The van der Waals surface area contributed by atoms with E-state index in [1.54, 1.807) is 18.2 Å². The summed E-state index contributed by atoms with van der Waals surface area (Å²) in [5, 5.41) is 1.10. The molecular formula is C29H22F6. The zero-order valence-corrected chi connectivity index (χ0v) is 18.7. The standard InChI is InChI=1S/C29H22F6/c1-2-3-4-18-5-8-20(9-6-18)22-13-14-24-23(17-22)12-11-21(28(24)32)10-7-19-15-25(30)27(26(31)16-19)29(33,34)35/h2,5-6,8-9,11-17H,1,3-4,7,10H2. The maximum absolute atomic E-state index is 15.2. The number of hydrogen-bond donors (Lipinski definition) is 0. The van der Waals surface area contributed by atoms with Gasteiger partial charge in [0.1, 0.15) is 23.0 Å². The van der Waals surface area contributed by atoms with Gasteiger partial charge >= 0.3 is 6.18 Å². The SMILES string of the molecule is C=CCCc1ccc(-c2ccc3c(F)c(CCc4cc(F)c(C(F)(F)F)c(F)c4)ccc3c2)cc1. The second-order valence-electron chi connectivity index (χ2n) is 8.43. The van der Waals surface area contributed by atoms with Crippen molar-refractivity contribution >= 4 is 10.8 Å². The third-order valence-electron chi connectivity index (χ3n) is 6.03. The highest BCUT2D eigenvalue weighted by Crippen LogP contribution is 2.34. The highest BCUT2D eigenvalue weighted by molar-refractivity contribution is 5.88. The fraction of sp³-hybridized carbons (Fsp3) is 0.172. The highest BCUT2D eigenvalue weighted by Gasteiger charge is 2.37. The fourth-order valence-electron chi connectivity index (χ4n) is 4.16. The minimum Gasteiger partial charge on any atom is -0.206 e. The van der Waals surface area contributed by atoms with E-state index < -0.39 is 29.2 Å². The minimum atomic E-state index is -5.12. The Morgan fingerprint density at radius 3 is 1.97 bits per heavy atom. The molecule has 0 aliphatic heterocycles. The van der Waals surface area contributed by atoms with E-state index in [-0.39, 0.29) is 18.4 Å². The predicted molar refractivity (Wildman–Crippen MR) is 127 cm³/mol. The molecule has 0 N–H and O–H groups in total. The Bertz CT molecular complexity index is 1340. The van der Waals surface area contributed by atoms with Gasteiger partial charge in [0.15, 0.2) is 0 Å². The third kappa shape index (κ3) is 5.42. The smallest absolute Gasteiger partial charge is 0.206 e. The Kier molecular flexibility index (Phi) is 7.01. The number of allylic oxidation sites excluding steroid dienone is 1. The third-order valence-corrected chi connectivity index (χ3v) is 6.03. The molecule has 0 radical (unpaired) electrons. The van der Waals surface area contributed by atoms with Gasteiger partial charge in [-0.05, 0) is 77.1 Å². The Morgan fingerprint density at radius 1 is 0.686 bits per heavy atom. The maximum atomic E-state index is 15.2. The van der Waals surface area contributed by atoms with Crippen molar-refractivity contribution < 1.29 is 26.3 Å². The molecule has 0 heterocycles. The lowest BCUT2D eigenvalue weighted by atomic mass is 9.96. The van der Waals surface area contributed by atoms with Crippen molar-refractivity contribution in [2.45, 2.75) is 31.9 Å². The first-order chi connectivity index (χ1) is 16.7. The lowest BCUT2D eigenvalue weighted by Crippen LogP contribution is -2.12. The van der Waals surface area contributed by atoms with Crippen LogP contribution in [0.2, 0.25) is 0 Å². The van der Waals surface area contributed by atoms with Gasteiger partial charge in [0.25, 0.3) is 0 Å². The van der Waals surface area contributed by atoms with E-state index in [9.17, 15) is 22.0 Å². The molecule has 35 heavy (non-hydrogen) atoms. The van der Waals surface area contributed by atoms with Crippen molar-refractivity contribution in [3.8, 4) is 11.1 Å². The first kappa shape index (κ1) is 24.6. The first-order valence-corrected chi connectivity index (χ1v) is 11.1. The normalized spacial score (nSPS) is 11.7. The van der Waals surface area contributed by atoms with E-state index in [0.717, 1.165) is 24.0 Å². The molecule has 0 spiro atoms. The molecule has 0 fully saturated rings. The van der Waals surface area contributed by atoms with Gasteiger partial charge < -0.3 is 0 Å². The molecule has 6 heteroatoms. The molecule has 0 bridgehead atoms. The zero-order chi connectivity index (χ0) is 25.2. The van der Waals surface area contributed by atoms with Gasteiger partial charge in [-0.25, -0.2) is 13.2 Å². The molecule has 0 aromatic heterocycles. The summed E-state index contributed by atoms with van der Waals surface area (Å²) in [5.74, 6) is -3.80. The average molecular weight is 484 g/mol. The minimum absolute atomic E-state index is 0.00924. The molecule has 0 aliphatic rings. The van der Waals surface area contributed by atoms with Crippen molar-refractivity contribution in [3.63, 3.8) is 0 Å². The summed E-state index contributed by atoms with van der Waals surface area (Å²) in [5.41, 5.74) is 1.58. The number of halogens is 6. The van der Waals surface area contributed by atoms with Gasteiger partial charge in [-0.2, -0.15) is 13.2 Å². The van der Waals surface area contributed by atoms with Crippen LogP contribution in [0.4, 0.5) is 26.3 Å². The molecule has 0 atom stereocenters. The first-order valence-electron chi connectivity index (χ1n) is 11.1. The van der Waals surface area contributed by atoms with Gasteiger partial charge in [-0.1, -0.05) is 54.6 Å². The zero-order valence-electron chi connectivity index (χ0n) is 18.7. The lowest BCUT2D eigenvalue weighted by molar-refractivity contribution is -0.142. The molecule has 4 aromatic carbocycles. The van der Waals surface area contributed by atoms with Gasteiger partial charge in [-0.15, -0.1) is 6.58 Å². The van der Waals surface area contributed by atoms with Crippen LogP contribution in [0, 0.1) is 17.5 Å². The number of rotatable bonds is 7. The molecule has 0 saturated heterocycles. The molecule has 4 rings (SSSR count). The van der Waals surface area contributed by atoms with Gasteiger partial charge in [0.05, 0.1) is 0 Å². The summed E-state index contributed by atoms with van der Waals surface area (Å²) >= 11 is 0. The molecule has 0 unspecified atom stereocenters. The summed E-state index contributed by atoms with van der Waals surface area (Å²) < 4.78 is 81.1. The maximum Gasteiger partial charge on any atom is 0.422 e. The monoisotopic (exact) mass is 484 g/mol. The van der Waals surface area contributed by atoms with Crippen molar-refractivity contribution in [2.24, 2.45) is 0 Å². The van der Waals surface area contributed by atoms with Crippen LogP contribution in [0.5, 0.6) is 0 Å². The topological polar surface area (TPSA) is 0 Å². The molecule has 180 valence electrons. The number of alkyl halides is 3. The lowest BCUT2D eigenvalue weighted by Gasteiger charge is -2.12. The van der Waals surface area contributed by atoms with Crippen LogP contribution < -0.4 is 0 Å². The Balaban J connectivity index is 1.54. The molecule has 0 saturated carbocycles. The number of benzene rings is 4. The Labute approximate surface area is 199 Å². The highest BCUT2D eigenvalue weighted by atomic mass is 19.4. The van der Waals surface area contributed by atoms with Gasteiger partial charge in [0, 0.05) is 5.39 Å². The number of aryl methyl sites for hydroxylation is 3. The van der Waals surface area contributed by atoms with Crippen LogP contribution in [-0.2, 0) is 25.4 Å². The molecule has 0 nitrogen and oxygen atoms in total. The van der Waals surface area contributed by atoms with Crippen molar-refractivity contribution in [1.29, 1.82) is 0 Å². The summed E-state index contributed by atoms with van der Waals surface area (Å²) in [6.07, 6.45) is -1.35. The summed E-state index contributed by atoms with van der Waals surface area (Å²) in [6.45, 7) is 3.73. The van der Waals surface area contributed by atoms with Crippen molar-refractivity contribution in [1.82, 2.24) is 0 Å². The van der Waals surface area contributed by atoms with Crippen LogP contribution in [-0.4, -0.2) is 0 Å². The van der Waals surface area contributed by atoms with Gasteiger partial charge in [0.2, 0.25) is 0 Å². The fourth-order valence-corrected chi connectivity index (χ4v) is 4.16. The quantitative estimate of drug-likeness (QED) is 0.182. The van der Waals surface area contributed by atoms with E-state index in [4.69, 9.17) is 0 Å². The van der Waals surface area contributed by atoms with E-state index >= 15 is 4.39 Å². The van der Waals surface area contributed by atoms with Crippen molar-refractivity contribution in [2.75, 3.05) is 0 Å². The predicted octanol–water partition coefficient (Wildman–Crippen LogP) is 8.85. The number of fused-ring (bicyclic) bond motifs is 1. The molecular weight excluding hydrogens is 462 g/mol. The van der Waals surface area contributed by atoms with Crippen LogP contribution in [0.1, 0.15) is 28.7 Å². The van der Waals surface area contributed by atoms with Crippen LogP contribution >= 0.6 is 0 Å². The van der Waals surface area contributed by atoms with E-state index in [0.29, 0.717) is 28.5 Å². The van der Waals surface area contributed by atoms with Crippen LogP contribution in [0.25, 0.3) is 21.9 Å². The van der Waals surface area contributed by atoms with E-state index in [1.165, 1.54) is 5.56 Å². The summed E-state index contributed by atoms with van der Waals surface area (Å²) in [7, 11) is 0. The second kappa shape index (κ2) is 9.98. The second-order valence-corrected chi connectivity index (χ2v) is 8.43. The van der Waals surface area contributed by atoms with Crippen LogP contribution in [0.3, 0.4) is 0 Å². The summed E-state index contributed by atoms with van der Waals surface area (Å²) in [6, 6.07) is 18.2. The Morgan fingerprint density at radius 2 is 1.34 bits per heavy atom. The molecule has 0 aliphatic carbocycles. The van der Waals surface area contributed by atoms with E-state index in [1.807, 2.05) is 30.3 Å². The largest absolute Gasteiger partial charge is 0.422 e. The number of hydrogen-bond acceptors (Lipinski definition) is 0.